The first-order valence-corrected chi connectivity index (χ1v) is 5.20. The van der Waals surface area contributed by atoms with Crippen molar-refractivity contribution in [3.8, 4) is 6.07 Å². The van der Waals surface area contributed by atoms with Crippen molar-refractivity contribution in [2.45, 2.75) is 0 Å². The molecule has 0 atom stereocenters. The van der Waals surface area contributed by atoms with Crippen LogP contribution in [0.2, 0.25) is 0 Å². The summed E-state index contributed by atoms with van der Waals surface area (Å²) in [6, 6.07) is 9.54. The van der Waals surface area contributed by atoms with Crippen molar-refractivity contribution in [3.63, 3.8) is 0 Å². The van der Waals surface area contributed by atoms with Crippen LogP contribution in [0.15, 0.2) is 24.3 Å². The van der Waals surface area contributed by atoms with Gasteiger partial charge < -0.3 is 9.80 Å². The Labute approximate surface area is 94.7 Å². The number of carbonyl (C=O) groups is 1. The summed E-state index contributed by atoms with van der Waals surface area (Å²) in [5.74, 6) is 0.0963. The third kappa shape index (κ3) is 1.84. The molecule has 0 radical (unpaired) electrons. The van der Waals surface area contributed by atoms with E-state index in [1.807, 2.05) is 23.1 Å². The Morgan fingerprint density at radius 2 is 2.06 bits per heavy atom. The number of rotatable bonds is 1. The molecule has 1 heterocycles. The van der Waals surface area contributed by atoms with Crippen LogP contribution in [-0.4, -0.2) is 37.5 Å². The number of carbonyl (C=O) groups excluding carboxylic acids is 1. The van der Waals surface area contributed by atoms with Crippen LogP contribution in [0.3, 0.4) is 0 Å². The van der Waals surface area contributed by atoms with Crippen LogP contribution in [0.25, 0.3) is 0 Å². The van der Waals surface area contributed by atoms with Crippen molar-refractivity contribution in [3.05, 3.63) is 29.8 Å². The molecule has 0 bridgehead atoms. The second-order valence-electron chi connectivity index (χ2n) is 3.87. The van der Waals surface area contributed by atoms with E-state index in [-0.39, 0.29) is 5.91 Å². The number of nitrogens with zero attached hydrogens (tertiary/aromatic N) is 3. The number of likely N-dealkylation sites (N-methyl/N-ethyl adjacent to an activating group) is 1. The monoisotopic (exact) mass is 215 g/mol. The minimum atomic E-state index is 0.0963. The van der Waals surface area contributed by atoms with Crippen molar-refractivity contribution in [2.24, 2.45) is 0 Å². The summed E-state index contributed by atoms with van der Waals surface area (Å²) in [7, 11) is 1.80. The Bertz CT molecular complexity index is 450. The molecule has 82 valence electrons. The van der Waals surface area contributed by atoms with Gasteiger partial charge in [-0.1, -0.05) is 12.1 Å². The van der Waals surface area contributed by atoms with E-state index < -0.39 is 0 Å². The summed E-state index contributed by atoms with van der Waals surface area (Å²) >= 11 is 0. The Kier molecular flexibility index (Phi) is 2.78. The fourth-order valence-corrected chi connectivity index (χ4v) is 1.81. The van der Waals surface area contributed by atoms with Crippen molar-refractivity contribution >= 4 is 11.6 Å². The Balaban J connectivity index is 2.25. The topological polar surface area (TPSA) is 47.3 Å². The summed E-state index contributed by atoms with van der Waals surface area (Å²) in [5, 5.41) is 8.99. The lowest BCUT2D eigenvalue weighted by Gasteiger charge is -2.33. The van der Waals surface area contributed by atoms with Crippen molar-refractivity contribution in [1.29, 1.82) is 5.26 Å². The lowest BCUT2D eigenvalue weighted by Crippen LogP contribution is -2.48. The van der Waals surface area contributed by atoms with E-state index >= 15 is 0 Å². The van der Waals surface area contributed by atoms with Crippen molar-refractivity contribution in [1.82, 2.24) is 4.90 Å². The van der Waals surface area contributed by atoms with Gasteiger partial charge in [-0.2, -0.15) is 5.26 Å². The summed E-state index contributed by atoms with van der Waals surface area (Å²) in [4.78, 5) is 15.3. The predicted molar refractivity (Wildman–Crippen MR) is 61.0 cm³/mol. The molecule has 16 heavy (non-hydrogen) atoms. The summed E-state index contributed by atoms with van der Waals surface area (Å²) in [6.45, 7) is 1.84. The molecule has 0 aliphatic carbocycles. The maximum atomic E-state index is 11.6. The number of benzene rings is 1. The molecule has 2 rings (SSSR count). The third-order valence-electron chi connectivity index (χ3n) is 2.82. The zero-order valence-electron chi connectivity index (χ0n) is 9.18. The lowest BCUT2D eigenvalue weighted by molar-refractivity contribution is -0.129. The zero-order valence-corrected chi connectivity index (χ0v) is 9.18. The van der Waals surface area contributed by atoms with Crippen LogP contribution in [-0.2, 0) is 4.79 Å². The molecule has 1 saturated heterocycles. The first-order valence-electron chi connectivity index (χ1n) is 5.20. The van der Waals surface area contributed by atoms with E-state index in [4.69, 9.17) is 5.26 Å². The summed E-state index contributed by atoms with van der Waals surface area (Å²) in [5.41, 5.74) is 1.48. The molecule has 0 saturated carbocycles. The van der Waals surface area contributed by atoms with Crippen LogP contribution in [0.4, 0.5) is 5.69 Å². The normalized spacial score (nSPS) is 16.1. The number of nitriles is 1. The second-order valence-corrected chi connectivity index (χ2v) is 3.87. The Morgan fingerprint density at radius 3 is 2.75 bits per heavy atom. The average Bonchev–Trinajstić information content (AvgIpc) is 2.32. The molecule has 1 fully saturated rings. The molecular formula is C12H13N3O. The number of anilines is 1. The smallest absolute Gasteiger partial charge is 0.241 e. The highest BCUT2D eigenvalue weighted by Gasteiger charge is 2.22. The largest absolute Gasteiger partial charge is 0.359 e. The summed E-state index contributed by atoms with van der Waals surface area (Å²) < 4.78 is 0. The highest BCUT2D eigenvalue weighted by molar-refractivity contribution is 5.83. The lowest BCUT2D eigenvalue weighted by atomic mass is 10.1. The third-order valence-corrected chi connectivity index (χ3v) is 2.82. The molecular weight excluding hydrogens is 202 g/mol. The minimum Gasteiger partial charge on any atom is -0.359 e. The molecule has 0 spiro atoms. The molecule has 4 heteroatoms. The van der Waals surface area contributed by atoms with Gasteiger partial charge in [0, 0.05) is 20.1 Å². The molecule has 0 aromatic heterocycles. The van der Waals surface area contributed by atoms with Crippen LogP contribution in [0, 0.1) is 11.3 Å². The molecule has 0 N–H and O–H groups in total. The quantitative estimate of drug-likeness (QED) is 0.697. The summed E-state index contributed by atoms with van der Waals surface area (Å²) in [6.07, 6.45) is 0. The van der Waals surface area contributed by atoms with Crippen molar-refractivity contribution < 1.29 is 4.79 Å². The zero-order chi connectivity index (χ0) is 11.5. The van der Waals surface area contributed by atoms with E-state index in [0.717, 1.165) is 12.2 Å². The number of hydrogen-bond donors (Lipinski definition) is 0. The number of piperazine rings is 1. The van der Waals surface area contributed by atoms with E-state index in [1.54, 1.807) is 18.0 Å². The maximum absolute atomic E-state index is 11.6. The standard InChI is InChI=1S/C12H13N3O/c1-14-6-7-15(9-12(14)16)11-5-3-2-4-10(11)8-13/h2-5H,6-7,9H2,1H3. The van der Waals surface area contributed by atoms with Crippen molar-refractivity contribution in [2.75, 3.05) is 31.6 Å². The van der Waals surface area contributed by atoms with Gasteiger partial charge in [-0.05, 0) is 12.1 Å². The SMILES string of the molecule is CN1CCN(c2ccccc2C#N)CC1=O. The first-order chi connectivity index (χ1) is 7.72. The minimum absolute atomic E-state index is 0.0963. The van der Waals surface area contributed by atoms with Gasteiger partial charge >= 0.3 is 0 Å². The van der Waals surface area contributed by atoms with Gasteiger partial charge in [0.05, 0.1) is 17.8 Å². The molecule has 1 aliphatic rings. The van der Waals surface area contributed by atoms with Gasteiger partial charge in [0.15, 0.2) is 0 Å². The average molecular weight is 215 g/mol. The number of para-hydroxylation sites is 1. The molecule has 1 aromatic rings. The fourth-order valence-electron chi connectivity index (χ4n) is 1.81. The highest BCUT2D eigenvalue weighted by Crippen LogP contribution is 2.20. The van der Waals surface area contributed by atoms with Gasteiger partial charge in [0.1, 0.15) is 6.07 Å². The van der Waals surface area contributed by atoms with Gasteiger partial charge in [0.25, 0.3) is 0 Å². The Morgan fingerprint density at radius 1 is 1.31 bits per heavy atom. The number of amides is 1. The molecule has 4 nitrogen and oxygen atoms in total. The van der Waals surface area contributed by atoms with E-state index in [1.165, 1.54) is 0 Å². The van der Waals surface area contributed by atoms with Gasteiger partial charge in [-0.15, -0.1) is 0 Å². The maximum Gasteiger partial charge on any atom is 0.241 e. The van der Waals surface area contributed by atoms with E-state index in [2.05, 4.69) is 6.07 Å². The predicted octanol–water partition coefficient (Wildman–Crippen LogP) is 0.837. The Hall–Kier alpha value is -2.02. The van der Waals surface area contributed by atoms with Gasteiger partial charge in [-0.25, -0.2) is 0 Å². The highest BCUT2D eigenvalue weighted by atomic mass is 16.2. The molecule has 0 unspecified atom stereocenters. The van der Waals surface area contributed by atoms with Crippen LogP contribution in [0.1, 0.15) is 5.56 Å². The van der Waals surface area contributed by atoms with Crippen LogP contribution < -0.4 is 4.90 Å². The van der Waals surface area contributed by atoms with E-state index in [9.17, 15) is 4.79 Å². The van der Waals surface area contributed by atoms with Gasteiger partial charge in [0.2, 0.25) is 5.91 Å². The number of hydrogen-bond acceptors (Lipinski definition) is 3. The van der Waals surface area contributed by atoms with Crippen LogP contribution in [0.5, 0.6) is 0 Å². The molecule has 1 aromatic carbocycles. The molecule has 1 amide bonds. The first kappa shape index (κ1) is 10.5. The van der Waals surface area contributed by atoms with E-state index in [0.29, 0.717) is 18.7 Å². The second kappa shape index (κ2) is 4.23. The van der Waals surface area contributed by atoms with Crippen LogP contribution >= 0.6 is 0 Å². The molecule has 1 aliphatic heterocycles. The van der Waals surface area contributed by atoms with Gasteiger partial charge in [-0.3, -0.25) is 4.79 Å². The fraction of sp³-hybridized carbons (Fsp3) is 0.333.